The summed E-state index contributed by atoms with van der Waals surface area (Å²) in [4.78, 5) is 38.2. The van der Waals surface area contributed by atoms with Crippen LogP contribution in [-0.4, -0.2) is 47.7 Å². The molecule has 0 saturated carbocycles. The van der Waals surface area contributed by atoms with Crippen molar-refractivity contribution >= 4 is 13.7 Å². The van der Waals surface area contributed by atoms with Crippen LogP contribution in [0.2, 0.25) is 0 Å². The summed E-state index contributed by atoms with van der Waals surface area (Å²) < 4.78 is 42.2. The maximum absolute atomic E-state index is 13.5. The molecule has 0 spiro atoms. The number of nitrogens with zero attached hydrogens (tertiary/aromatic N) is 1. The molecule has 13 heteroatoms. The van der Waals surface area contributed by atoms with Crippen LogP contribution in [-0.2, 0) is 28.1 Å². The number of unbranched alkanes of at least 4 members (excludes halogenated alkanes) is 1. The van der Waals surface area contributed by atoms with Crippen LogP contribution in [0, 0.1) is 6.92 Å². The molecule has 1 saturated heterocycles. The van der Waals surface area contributed by atoms with Crippen molar-refractivity contribution in [3.05, 3.63) is 62.9 Å². The van der Waals surface area contributed by atoms with E-state index >= 15 is 0 Å². The van der Waals surface area contributed by atoms with E-state index in [1.54, 1.807) is 37.3 Å². The molecule has 1 aliphatic heterocycles. The zero-order valence-corrected chi connectivity index (χ0v) is 20.7. The van der Waals surface area contributed by atoms with Crippen LogP contribution in [0.4, 0.5) is 0 Å². The number of para-hydroxylation sites is 1. The Kier molecular flexibility index (Phi) is 9.41. The van der Waals surface area contributed by atoms with Crippen LogP contribution >= 0.6 is 7.75 Å². The van der Waals surface area contributed by atoms with Gasteiger partial charge < -0.3 is 18.7 Å². The molecule has 35 heavy (non-hydrogen) atoms. The van der Waals surface area contributed by atoms with Gasteiger partial charge in [-0.05, 0) is 32.4 Å². The summed E-state index contributed by atoms with van der Waals surface area (Å²) in [6, 6.07) is 7.35. The van der Waals surface area contributed by atoms with E-state index in [4.69, 9.17) is 23.3 Å². The lowest BCUT2D eigenvalue weighted by Crippen LogP contribution is -2.36. The highest BCUT2D eigenvalue weighted by Crippen LogP contribution is 2.45. The van der Waals surface area contributed by atoms with Crippen LogP contribution < -0.4 is 20.9 Å². The van der Waals surface area contributed by atoms with Crippen LogP contribution in [0.3, 0.4) is 0 Å². The summed E-state index contributed by atoms with van der Waals surface area (Å²) >= 11 is 0. The van der Waals surface area contributed by atoms with E-state index in [1.165, 1.54) is 17.7 Å². The number of aromatic nitrogens is 2. The van der Waals surface area contributed by atoms with Gasteiger partial charge in [0.25, 0.3) is 5.56 Å². The normalized spacial score (nSPS) is 20.2. The van der Waals surface area contributed by atoms with Gasteiger partial charge in [-0.3, -0.25) is 23.7 Å². The van der Waals surface area contributed by atoms with E-state index in [1.807, 2.05) is 6.92 Å². The second-order valence-electron chi connectivity index (χ2n) is 7.90. The quantitative estimate of drug-likeness (QED) is 0.247. The molecule has 1 aliphatic rings. The molecule has 0 amide bonds. The van der Waals surface area contributed by atoms with Crippen molar-refractivity contribution in [2.45, 2.75) is 52.2 Å². The highest BCUT2D eigenvalue weighted by Gasteiger charge is 2.36. The van der Waals surface area contributed by atoms with Crippen molar-refractivity contribution in [2.24, 2.45) is 0 Å². The third-order valence-electron chi connectivity index (χ3n) is 4.99. The third-order valence-corrected chi connectivity index (χ3v) is 6.63. The minimum atomic E-state index is -4.09. The summed E-state index contributed by atoms with van der Waals surface area (Å²) in [5.41, 5.74) is -0.805. The number of hydrogen-bond acceptors (Lipinski definition) is 9. The maximum Gasteiger partial charge on any atom is 0.459 e. The van der Waals surface area contributed by atoms with Gasteiger partial charge in [0.05, 0.1) is 13.2 Å². The first-order chi connectivity index (χ1) is 16.7. The van der Waals surface area contributed by atoms with Gasteiger partial charge in [-0.15, -0.1) is 0 Å². The van der Waals surface area contributed by atoms with E-state index in [-0.39, 0.29) is 25.6 Å². The van der Waals surface area contributed by atoms with Crippen molar-refractivity contribution in [2.75, 3.05) is 19.8 Å². The Hall–Kier alpha value is -2.76. The maximum atomic E-state index is 13.5. The summed E-state index contributed by atoms with van der Waals surface area (Å²) in [5, 5.41) is 2.59. The number of carbonyl (C=O) groups excluding carboxylic acids is 1. The number of rotatable bonds is 12. The fourth-order valence-electron chi connectivity index (χ4n) is 3.08. The van der Waals surface area contributed by atoms with E-state index in [9.17, 15) is 18.9 Å². The van der Waals surface area contributed by atoms with E-state index in [2.05, 4.69) is 10.1 Å². The number of carbonyl (C=O) groups is 1. The largest absolute Gasteiger partial charge is 0.465 e. The number of H-pyrrole nitrogens is 1. The molecule has 3 rings (SSSR count). The molecule has 12 nitrogen and oxygen atoms in total. The van der Waals surface area contributed by atoms with Gasteiger partial charge in [-0.25, -0.2) is 9.36 Å². The molecular formula is C22H30N3O9P. The highest BCUT2D eigenvalue weighted by molar-refractivity contribution is 7.52. The zero-order valence-electron chi connectivity index (χ0n) is 19.8. The second kappa shape index (κ2) is 12.3. The number of nitrogens with one attached hydrogen (secondary N) is 2. The molecule has 2 aromatic rings. The Morgan fingerprint density at radius 1 is 1.31 bits per heavy atom. The van der Waals surface area contributed by atoms with Crippen molar-refractivity contribution in [3.63, 3.8) is 0 Å². The summed E-state index contributed by atoms with van der Waals surface area (Å²) in [6.07, 6.45) is 1.14. The van der Waals surface area contributed by atoms with Crippen LogP contribution in [0.25, 0.3) is 0 Å². The molecule has 192 valence electrons. The first-order valence-corrected chi connectivity index (χ1v) is 12.8. The smallest absolute Gasteiger partial charge is 0.459 e. The van der Waals surface area contributed by atoms with Crippen LogP contribution in [0.15, 0.2) is 46.1 Å². The van der Waals surface area contributed by atoms with Crippen molar-refractivity contribution < 1.29 is 32.6 Å². The standard InChI is InChI=1S/C22H30N3O9P/c1-4-5-11-30-21(27)16(3)24-35(29,34-17-9-7-6-8-10-17)32-14-19-31-13-18(33-19)25-12-15(2)20(26)23-22(25)28/h6-10,12,16,18-19H,4-5,11,13-14H2,1-3H3,(H,24,29)(H,23,26,28)/t16?,18-,19-,35?/m1/s1. The van der Waals surface area contributed by atoms with Crippen molar-refractivity contribution in [1.82, 2.24) is 14.6 Å². The molecule has 2 N–H and O–H groups in total. The molecule has 2 unspecified atom stereocenters. The van der Waals surface area contributed by atoms with Crippen molar-refractivity contribution in [1.29, 1.82) is 0 Å². The van der Waals surface area contributed by atoms with E-state index in [0.29, 0.717) is 12.0 Å². The summed E-state index contributed by atoms with van der Waals surface area (Å²) in [7, 11) is -4.09. The molecule has 0 radical (unpaired) electrons. The average molecular weight is 511 g/mol. The number of esters is 1. The number of aromatic amines is 1. The average Bonchev–Trinajstić information content (AvgIpc) is 3.29. The van der Waals surface area contributed by atoms with Gasteiger partial charge in [0.15, 0.2) is 12.5 Å². The lowest BCUT2D eigenvalue weighted by atomic mass is 10.3. The van der Waals surface area contributed by atoms with E-state index < -0.39 is 43.5 Å². The van der Waals surface area contributed by atoms with E-state index in [0.717, 1.165) is 6.42 Å². The Labute approximate surface area is 202 Å². The van der Waals surface area contributed by atoms with Gasteiger partial charge in [0, 0.05) is 11.8 Å². The Morgan fingerprint density at radius 2 is 2.06 bits per heavy atom. The van der Waals surface area contributed by atoms with Gasteiger partial charge in [-0.1, -0.05) is 31.5 Å². The number of aryl methyl sites for hydroxylation is 1. The number of ether oxygens (including phenoxy) is 3. The fourth-order valence-corrected chi connectivity index (χ4v) is 4.55. The number of benzene rings is 1. The Bertz CT molecular complexity index is 1150. The molecule has 0 bridgehead atoms. The lowest BCUT2D eigenvalue weighted by molar-refractivity contribution is -0.145. The summed E-state index contributed by atoms with van der Waals surface area (Å²) in [5.74, 6) is -0.337. The predicted octanol–water partition coefficient (Wildman–Crippen LogP) is 2.24. The van der Waals surface area contributed by atoms with Gasteiger partial charge in [0.2, 0.25) is 0 Å². The van der Waals surface area contributed by atoms with Crippen molar-refractivity contribution in [3.8, 4) is 5.75 Å². The molecule has 0 aliphatic carbocycles. The molecule has 2 heterocycles. The highest BCUT2D eigenvalue weighted by atomic mass is 31.2. The van der Waals surface area contributed by atoms with Gasteiger partial charge in [0.1, 0.15) is 18.4 Å². The zero-order chi connectivity index (χ0) is 25.4. The second-order valence-corrected chi connectivity index (χ2v) is 9.60. The Balaban J connectivity index is 1.66. The third kappa shape index (κ3) is 7.61. The van der Waals surface area contributed by atoms with Crippen LogP contribution in [0.1, 0.15) is 38.5 Å². The Morgan fingerprint density at radius 3 is 2.77 bits per heavy atom. The molecule has 1 fully saturated rings. The molecular weight excluding hydrogens is 481 g/mol. The minimum Gasteiger partial charge on any atom is -0.465 e. The minimum absolute atomic E-state index is 0.00313. The molecule has 1 aromatic heterocycles. The van der Waals surface area contributed by atoms with Crippen LogP contribution in [0.5, 0.6) is 5.75 Å². The SMILES string of the molecule is CCCCOC(=O)C(C)NP(=O)(OC[C@@H]1OC[C@H](n2cc(C)c(=O)[nH]c2=O)O1)Oc1ccccc1. The number of hydrogen-bond donors (Lipinski definition) is 2. The van der Waals surface area contributed by atoms with Gasteiger partial charge in [-0.2, -0.15) is 5.09 Å². The topological polar surface area (TPSA) is 147 Å². The van der Waals surface area contributed by atoms with Gasteiger partial charge >= 0.3 is 19.4 Å². The monoisotopic (exact) mass is 511 g/mol. The summed E-state index contributed by atoms with van der Waals surface area (Å²) in [6.45, 7) is 4.93. The molecule has 4 atom stereocenters. The first-order valence-electron chi connectivity index (χ1n) is 11.2. The fraction of sp³-hybridized carbons (Fsp3) is 0.500. The predicted molar refractivity (Wildman–Crippen MR) is 125 cm³/mol. The first kappa shape index (κ1) is 26.8. The molecule has 1 aromatic carbocycles. The lowest BCUT2D eigenvalue weighted by Gasteiger charge is -2.23.